The molecule has 1 saturated heterocycles. The first-order chi connectivity index (χ1) is 13.5. The summed E-state index contributed by atoms with van der Waals surface area (Å²) in [6.07, 6.45) is 5.62. The third kappa shape index (κ3) is 3.93. The van der Waals surface area contributed by atoms with Gasteiger partial charge in [-0.3, -0.25) is 4.90 Å². The molecule has 3 aromatic rings. The number of fused-ring (bicyclic) bond motifs is 1. The fourth-order valence-corrected chi connectivity index (χ4v) is 3.88. The predicted molar refractivity (Wildman–Crippen MR) is 115 cm³/mol. The average molecular weight is 377 g/mol. The summed E-state index contributed by atoms with van der Waals surface area (Å²) in [5, 5.41) is 5.67. The third-order valence-corrected chi connectivity index (χ3v) is 5.50. The van der Waals surface area contributed by atoms with Gasteiger partial charge in [0.25, 0.3) is 0 Å². The second-order valence-corrected chi connectivity index (χ2v) is 7.83. The van der Waals surface area contributed by atoms with Crippen LogP contribution in [0.5, 0.6) is 0 Å². The van der Waals surface area contributed by atoms with Crippen molar-refractivity contribution >= 4 is 16.6 Å². The van der Waals surface area contributed by atoms with Crippen LogP contribution in [-0.4, -0.2) is 63.6 Å². The summed E-state index contributed by atoms with van der Waals surface area (Å²) in [6, 6.07) is 9.03. The van der Waals surface area contributed by atoms with E-state index in [0.29, 0.717) is 6.04 Å². The molecule has 0 aliphatic carbocycles. The van der Waals surface area contributed by atoms with Crippen LogP contribution in [0.25, 0.3) is 22.0 Å². The number of nitrogens with one attached hydrogen (secondary N) is 1. The summed E-state index contributed by atoms with van der Waals surface area (Å²) < 4.78 is 2.03. The van der Waals surface area contributed by atoms with Crippen molar-refractivity contribution in [2.75, 3.05) is 38.5 Å². The Bertz CT molecular complexity index is 992. The van der Waals surface area contributed by atoms with Gasteiger partial charge in [-0.2, -0.15) is 0 Å². The molecule has 3 heterocycles. The molecular weight excluding hydrogens is 348 g/mol. The maximum Gasteiger partial charge on any atom is 0.130 e. The molecule has 2 aromatic heterocycles. The third-order valence-electron chi connectivity index (χ3n) is 5.50. The first kappa shape index (κ1) is 18.7. The van der Waals surface area contributed by atoms with Gasteiger partial charge in [-0.1, -0.05) is 18.7 Å². The van der Waals surface area contributed by atoms with Crippen molar-refractivity contribution in [3.05, 3.63) is 55.3 Å². The van der Waals surface area contributed by atoms with Crippen molar-refractivity contribution in [2.45, 2.75) is 13.0 Å². The van der Waals surface area contributed by atoms with Crippen molar-refractivity contribution in [1.29, 1.82) is 0 Å². The van der Waals surface area contributed by atoms with Crippen LogP contribution in [0.15, 0.2) is 55.3 Å². The van der Waals surface area contributed by atoms with Gasteiger partial charge in [0.15, 0.2) is 0 Å². The van der Waals surface area contributed by atoms with Gasteiger partial charge in [0, 0.05) is 62.1 Å². The molecule has 6 heteroatoms. The number of likely N-dealkylation sites (N-methyl/N-ethyl adjacent to an activating group) is 1. The number of anilines is 1. The van der Waals surface area contributed by atoms with Crippen molar-refractivity contribution in [1.82, 2.24) is 24.3 Å². The van der Waals surface area contributed by atoms with E-state index in [1.54, 1.807) is 0 Å². The molecule has 0 saturated carbocycles. The minimum atomic E-state index is 0.531. The molecule has 146 valence electrons. The summed E-state index contributed by atoms with van der Waals surface area (Å²) in [5.41, 5.74) is 3.22. The van der Waals surface area contributed by atoms with Crippen LogP contribution in [0.2, 0.25) is 0 Å². The minimum Gasteiger partial charge on any atom is -0.343 e. The van der Waals surface area contributed by atoms with Gasteiger partial charge in [0.2, 0.25) is 0 Å². The summed E-state index contributed by atoms with van der Waals surface area (Å²) in [7, 11) is 4.19. The Morgan fingerprint density at radius 3 is 2.79 bits per heavy atom. The molecule has 1 unspecified atom stereocenters. The number of pyridine rings is 1. The molecule has 1 aromatic carbocycles. The molecule has 0 radical (unpaired) electrons. The summed E-state index contributed by atoms with van der Waals surface area (Å²) in [5.74, 6) is 0.835. The predicted octanol–water partition coefficient (Wildman–Crippen LogP) is 3.20. The molecule has 0 bridgehead atoms. The topological polar surface area (TPSA) is 49.2 Å². The van der Waals surface area contributed by atoms with E-state index in [1.165, 1.54) is 0 Å². The van der Waals surface area contributed by atoms with Gasteiger partial charge in [-0.05, 0) is 31.5 Å². The Labute approximate surface area is 166 Å². The molecule has 4 rings (SSSR count). The molecule has 1 atom stereocenters. The van der Waals surface area contributed by atoms with Crippen LogP contribution < -0.4 is 5.32 Å². The van der Waals surface area contributed by atoms with E-state index < -0.39 is 0 Å². The maximum atomic E-state index is 4.56. The Morgan fingerprint density at radius 1 is 1.18 bits per heavy atom. The Balaban J connectivity index is 1.49. The zero-order chi connectivity index (χ0) is 19.7. The molecule has 1 N–H and O–H groups in total. The highest BCUT2D eigenvalue weighted by Gasteiger charge is 2.21. The molecule has 1 fully saturated rings. The van der Waals surface area contributed by atoms with Crippen molar-refractivity contribution < 1.29 is 0 Å². The lowest BCUT2D eigenvalue weighted by Gasteiger charge is -2.38. The number of nitrogens with zero attached hydrogens (tertiary/aromatic N) is 5. The monoisotopic (exact) mass is 376 g/mol. The van der Waals surface area contributed by atoms with Gasteiger partial charge in [0.05, 0.1) is 18.2 Å². The van der Waals surface area contributed by atoms with Crippen LogP contribution in [0.1, 0.15) is 6.92 Å². The van der Waals surface area contributed by atoms with Crippen LogP contribution in [-0.2, 0) is 7.05 Å². The van der Waals surface area contributed by atoms with Crippen molar-refractivity contribution in [2.24, 2.45) is 7.05 Å². The average Bonchev–Trinajstić information content (AvgIpc) is 3.09. The molecule has 0 spiro atoms. The lowest BCUT2D eigenvalue weighted by molar-refractivity contribution is 0.109. The van der Waals surface area contributed by atoms with Gasteiger partial charge in [0.1, 0.15) is 5.82 Å². The number of hydrogen-bond acceptors (Lipinski definition) is 5. The van der Waals surface area contributed by atoms with Crippen LogP contribution in [0.4, 0.5) is 5.82 Å². The zero-order valence-corrected chi connectivity index (χ0v) is 16.9. The van der Waals surface area contributed by atoms with Gasteiger partial charge in [-0.15, -0.1) is 0 Å². The number of rotatable bonds is 5. The fourth-order valence-electron chi connectivity index (χ4n) is 3.88. The molecule has 1 aliphatic heterocycles. The fraction of sp³-hybridized carbons (Fsp3) is 0.364. The Morgan fingerprint density at radius 2 is 2.04 bits per heavy atom. The van der Waals surface area contributed by atoms with Crippen LogP contribution in [0.3, 0.4) is 0 Å². The van der Waals surface area contributed by atoms with Gasteiger partial charge in [-0.25, -0.2) is 9.97 Å². The number of piperazine rings is 1. The van der Waals surface area contributed by atoms with E-state index in [0.717, 1.165) is 59.7 Å². The maximum absolute atomic E-state index is 4.56. The van der Waals surface area contributed by atoms with E-state index in [2.05, 4.69) is 69.9 Å². The SMILES string of the molecule is C=C(CN1CCN(C)CC1C)Nc1cc2cc(-c3cncn3C)ccc2cn1. The van der Waals surface area contributed by atoms with Crippen molar-refractivity contribution in [3.8, 4) is 11.3 Å². The van der Waals surface area contributed by atoms with E-state index in [-0.39, 0.29) is 0 Å². The number of aryl methyl sites for hydroxylation is 1. The first-order valence-corrected chi connectivity index (χ1v) is 9.73. The van der Waals surface area contributed by atoms with E-state index >= 15 is 0 Å². The number of benzene rings is 1. The summed E-state index contributed by atoms with van der Waals surface area (Å²) in [6.45, 7) is 10.6. The van der Waals surface area contributed by atoms with E-state index in [1.807, 2.05) is 30.3 Å². The second-order valence-electron chi connectivity index (χ2n) is 7.83. The molecule has 1 aliphatic rings. The molecule has 6 nitrogen and oxygen atoms in total. The van der Waals surface area contributed by atoms with Crippen LogP contribution >= 0.6 is 0 Å². The highest BCUT2D eigenvalue weighted by Crippen LogP contribution is 2.25. The minimum absolute atomic E-state index is 0.531. The quantitative estimate of drug-likeness (QED) is 0.741. The normalized spacial score (nSPS) is 18.5. The van der Waals surface area contributed by atoms with Gasteiger partial charge >= 0.3 is 0 Å². The Hall–Kier alpha value is -2.70. The smallest absolute Gasteiger partial charge is 0.130 e. The first-order valence-electron chi connectivity index (χ1n) is 9.73. The zero-order valence-electron chi connectivity index (χ0n) is 16.9. The van der Waals surface area contributed by atoms with Crippen molar-refractivity contribution in [3.63, 3.8) is 0 Å². The lowest BCUT2D eigenvalue weighted by Crippen LogP contribution is -2.51. The van der Waals surface area contributed by atoms with Crippen LogP contribution in [0, 0.1) is 0 Å². The second kappa shape index (κ2) is 7.73. The lowest BCUT2D eigenvalue weighted by atomic mass is 10.1. The Kier molecular flexibility index (Phi) is 5.15. The summed E-state index contributed by atoms with van der Waals surface area (Å²) >= 11 is 0. The number of aromatic nitrogens is 3. The van der Waals surface area contributed by atoms with E-state index in [4.69, 9.17) is 0 Å². The largest absolute Gasteiger partial charge is 0.343 e. The molecular formula is C22H28N6. The standard InChI is InChI=1S/C22H28N6/c1-16(13-28-8-7-26(3)14-17(28)2)25-22-10-20-9-18(5-6-19(20)11-24-22)21-12-23-15-27(21)4/h5-6,9-12,15,17H,1,7-8,13-14H2,2-4H3,(H,24,25). The number of hydrogen-bond donors (Lipinski definition) is 1. The highest BCUT2D eigenvalue weighted by atomic mass is 15.3. The number of imidazole rings is 1. The van der Waals surface area contributed by atoms with E-state index in [9.17, 15) is 0 Å². The van der Waals surface area contributed by atoms with Gasteiger partial charge < -0.3 is 14.8 Å². The molecule has 28 heavy (non-hydrogen) atoms. The highest BCUT2D eigenvalue weighted by molar-refractivity contribution is 5.88. The molecule has 0 amide bonds. The summed E-state index contributed by atoms with van der Waals surface area (Å²) in [4.78, 5) is 13.6.